The summed E-state index contributed by atoms with van der Waals surface area (Å²) in [7, 11) is 0. The molecule has 1 aliphatic carbocycles. The first-order valence-electron chi connectivity index (χ1n) is 17.0. The molecule has 0 bridgehead atoms. The maximum Gasteiger partial charge on any atom is 0.107 e. The van der Waals surface area contributed by atoms with E-state index in [4.69, 9.17) is 0 Å². The third-order valence-corrected chi connectivity index (χ3v) is 11.0. The predicted molar refractivity (Wildman–Crippen MR) is 167 cm³/mol. The number of aliphatic hydroxyl groups excluding tert-OH is 1. The summed E-state index contributed by atoms with van der Waals surface area (Å²) in [6.45, 7) is 18.4. The Morgan fingerprint density at radius 2 is 1.82 bits per heavy atom. The molecule has 3 fully saturated rings. The third-order valence-electron chi connectivity index (χ3n) is 11.0. The highest BCUT2D eigenvalue weighted by atomic mass is 16.3. The molecule has 1 saturated carbocycles. The summed E-state index contributed by atoms with van der Waals surface area (Å²) in [5, 5.41) is 22.9. The highest BCUT2D eigenvalue weighted by Gasteiger charge is 2.37. The smallest absolute Gasteiger partial charge is 0.107 e. The van der Waals surface area contributed by atoms with Gasteiger partial charge in [-0.3, -0.25) is 4.90 Å². The molecular formula is C35H64N2O2. The van der Waals surface area contributed by atoms with E-state index in [0.29, 0.717) is 5.92 Å². The average molecular weight is 545 g/mol. The molecule has 4 nitrogen and oxygen atoms in total. The van der Waals surface area contributed by atoms with Crippen LogP contribution in [0.1, 0.15) is 124 Å². The minimum atomic E-state index is -0.596. The van der Waals surface area contributed by atoms with Gasteiger partial charge in [-0.2, -0.15) is 0 Å². The highest BCUT2D eigenvalue weighted by molar-refractivity contribution is 5.18. The number of unbranched alkanes of at least 4 members (excludes halogenated alkanes) is 2. The van der Waals surface area contributed by atoms with Crippen molar-refractivity contribution in [3.63, 3.8) is 0 Å². The molecule has 39 heavy (non-hydrogen) atoms. The molecular weight excluding hydrogens is 480 g/mol. The maximum absolute atomic E-state index is 11.5. The van der Waals surface area contributed by atoms with Gasteiger partial charge in [0.2, 0.25) is 0 Å². The van der Waals surface area contributed by atoms with Crippen LogP contribution in [0.15, 0.2) is 24.3 Å². The lowest BCUT2D eigenvalue weighted by Crippen LogP contribution is -2.47. The zero-order valence-electron chi connectivity index (χ0n) is 26.3. The molecule has 3 rings (SSSR count). The van der Waals surface area contributed by atoms with E-state index in [1.807, 2.05) is 6.08 Å². The normalized spacial score (nSPS) is 30.7. The Kier molecular flexibility index (Phi) is 14.0. The second kappa shape index (κ2) is 16.7. The van der Waals surface area contributed by atoms with Gasteiger partial charge in [0.05, 0.1) is 5.60 Å². The molecule has 2 saturated heterocycles. The van der Waals surface area contributed by atoms with Gasteiger partial charge in [-0.15, -0.1) is 6.58 Å². The summed E-state index contributed by atoms with van der Waals surface area (Å²) in [6.07, 6.45) is 21.2. The van der Waals surface area contributed by atoms with Crippen molar-refractivity contribution in [3.8, 4) is 0 Å². The second-order valence-corrected chi connectivity index (χ2v) is 13.8. The van der Waals surface area contributed by atoms with Gasteiger partial charge in [0.1, 0.15) is 6.23 Å². The fourth-order valence-corrected chi connectivity index (χ4v) is 7.94. The molecule has 3 aliphatic rings. The molecule has 2 N–H and O–H groups in total. The van der Waals surface area contributed by atoms with Crippen LogP contribution in [-0.2, 0) is 0 Å². The van der Waals surface area contributed by atoms with E-state index in [1.54, 1.807) is 0 Å². The van der Waals surface area contributed by atoms with E-state index in [0.717, 1.165) is 101 Å². The van der Waals surface area contributed by atoms with E-state index in [-0.39, 0.29) is 6.23 Å². The Morgan fingerprint density at radius 1 is 1.05 bits per heavy atom. The summed E-state index contributed by atoms with van der Waals surface area (Å²) in [5.74, 6) is 3.68. The number of likely N-dealkylation sites (tertiary alicyclic amines) is 2. The fraction of sp³-hybridized carbons (Fsp3) is 0.886. The van der Waals surface area contributed by atoms with Crippen molar-refractivity contribution in [2.45, 2.75) is 136 Å². The van der Waals surface area contributed by atoms with Crippen LogP contribution in [-0.4, -0.2) is 64.6 Å². The molecule has 6 unspecified atom stereocenters. The lowest BCUT2D eigenvalue weighted by Gasteiger charge is -2.43. The van der Waals surface area contributed by atoms with Crippen LogP contribution in [0, 0.1) is 29.6 Å². The van der Waals surface area contributed by atoms with Gasteiger partial charge >= 0.3 is 0 Å². The quantitative estimate of drug-likeness (QED) is 0.163. The zero-order chi connectivity index (χ0) is 28.3. The minimum Gasteiger partial charge on any atom is -0.385 e. The Balaban J connectivity index is 1.57. The van der Waals surface area contributed by atoms with E-state index >= 15 is 0 Å². The SMILES string of the molecule is C=CCCCC1CCCN(C(O)CC(CCN2CCC(O)(/C(=C/CCC)CC)CC2)C2CCC(C)C(C)C2)C1. The Bertz CT molecular complexity index is 728. The van der Waals surface area contributed by atoms with E-state index < -0.39 is 5.60 Å². The van der Waals surface area contributed by atoms with Gasteiger partial charge < -0.3 is 15.1 Å². The minimum absolute atomic E-state index is 0.297. The van der Waals surface area contributed by atoms with Crippen molar-refractivity contribution in [1.82, 2.24) is 9.80 Å². The van der Waals surface area contributed by atoms with E-state index in [9.17, 15) is 10.2 Å². The topological polar surface area (TPSA) is 46.9 Å². The molecule has 2 heterocycles. The fourth-order valence-electron chi connectivity index (χ4n) is 7.94. The van der Waals surface area contributed by atoms with Crippen molar-refractivity contribution in [2.75, 3.05) is 32.7 Å². The monoisotopic (exact) mass is 544 g/mol. The number of hydrogen-bond donors (Lipinski definition) is 2. The van der Waals surface area contributed by atoms with E-state index in [1.165, 1.54) is 56.9 Å². The van der Waals surface area contributed by atoms with Crippen molar-refractivity contribution in [3.05, 3.63) is 24.3 Å². The van der Waals surface area contributed by atoms with E-state index in [2.05, 4.69) is 50.1 Å². The number of allylic oxidation sites excluding steroid dienone is 2. The summed E-state index contributed by atoms with van der Waals surface area (Å²) in [6, 6.07) is 0. The molecule has 0 radical (unpaired) electrons. The van der Waals surface area contributed by atoms with Gasteiger partial charge in [0.25, 0.3) is 0 Å². The molecule has 0 aromatic rings. The number of piperidine rings is 2. The van der Waals surface area contributed by atoms with Crippen molar-refractivity contribution in [1.29, 1.82) is 0 Å². The van der Waals surface area contributed by atoms with Gasteiger partial charge in [0.15, 0.2) is 0 Å². The summed E-state index contributed by atoms with van der Waals surface area (Å²) < 4.78 is 0. The van der Waals surface area contributed by atoms with Gasteiger partial charge in [-0.1, -0.05) is 52.7 Å². The van der Waals surface area contributed by atoms with Crippen LogP contribution < -0.4 is 0 Å². The number of hydrogen-bond acceptors (Lipinski definition) is 4. The van der Waals surface area contributed by atoms with Gasteiger partial charge in [0, 0.05) is 26.2 Å². The van der Waals surface area contributed by atoms with Crippen LogP contribution >= 0.6 is 0 Å². The molecule has 0 spiro atoms. The predicted octanol–water partition coefficient (Wildman–Crippen LogP) is 7.81. The Morgan fingerprint density at radius 3 is 2.49 bits per heavy atom. The van der Waals surface area contributed by atoms with Crippen molar-refractivity contribution >= 4 is 0 Å². The maximum atomic E-state index is 11.5. The molecule has 2 aliphatic heterocycles. The third kappa shape index (κ3) is 9.97. The summed E-state index contributed by atoms with van der Waals surface area (Å²) in [4.78, 5) is 5.02. The Labute approximate surface area is 242 Å². The molecule has 226 valence electrons. The van der Waals surface area contributed by atoms with Crippen LogP contribution in [0.2, 0.25) is 0 Å². The molecule has 0 amide bonds. The van der Waals surface area contributed by atoms with Crippen LogP contribution in [0.4, 0.5) is 0 Å². The van der Waals surface area contributed by atoms with Crippen molar-refractivity contribution in [2.24, 2.45) is 29.6 Å². The van der Waals surface area contributed by atoms with Crippen molar-refractivity contribution < 1.29 is 10.2 Å². The molecule has 0 aromatic carbocycles. The number of nitrogens with zero attached hydrogens (tertiary/aromatic N) is 2. The second-order valence-electron chi connectivity index (χ2n) is 13.8. The largest absolute Gasteiger partial charge is 0.385 e. The number of aliphatic hydroxyl groups is 2. The lowest BCUT2D eigenvalue weighted by atomic mass is 9.69. The summed E-state index contributed by atoms with van der Waals surface area (Å²) >= 11 is 0. The molecule has 4 heteroatoms. The average Bonchev–Trinajstić information content (AvgIpc) is 2.94. The number of rotatable bonds is 15. The lowest BCUT2D eigenvalue weighted by molar-refractivity contribution is -0.0484. The first kappa shape index (κ1) is 32.8. The van der Waals surface area contributed by atoms with Gasteiger partial charge in [-0.05, 0) is 125 Å². The standard InChI is InChI=1S/C35H64N2O2/c1-6-9-11-13-30-14-12-21-37(27-30)34(38)26-32(31-17-16-28(4)29(5)25-31)18-22-36-23-19-35(39,20-24-36)33(8-3)15-10-7-2/h6,15,28-32,34,38-39H,1,7-14,16-27H2,2-5H3/b33-15+. The zero-order valence-corrected chi connectivity index (χ0v) is 26.3. The van der Waals surface area contributed by atoms with Crippen LogP contribution in [0.3, 0.4) is 0 Å². The van der Waals surface area contributed by atoms with Crippen LogP contribution in [0.5, 0.6) is 0 Å². The molecule has 0 aromatic heterocycles. The van der Waals surface area contributed by atoms with Gasteiger partial charge in [-0.25, -0.2) is 0 Å². The molecule has 6 atom stereocenters. The first-order chi connectivity index (χ1) is 18.8. The Hall–Kier alpha value is -0.680. The summed E-state index contributed by atoms with van der Waals surface area (Å²) in [5.41, 5.74) is 0.668. The first-order valence-corrected chi connectivity index (χ1v) is 17.0. The highest BCUT2D eigenvalue weighted by Crippen LogP contribution is 2.41. The van der Waals surface area contributed by atoms with Crippen LogP contribution in [0.25, 0.3) is 0 Å².